The second-order valence-electron chi connectivity index (χ2n) is 6.82. The zero-order valence-corrected chi connectivity index (χ0v) is 17.6. The molecule has 140 valence electrons. The minimum absolute atomic E-state index is 0. The summed E-state index contributed by atoms with van der Waals surface area (Å²) in [5.41, 5.74) is 1.28. The van der Waals surface area contributed by atoms with E-state index in [0.717, 1.165) is 38.3 Å². The van der Waals surface area contributed by atoms with E-state index in [-0.39, 0.29) is 24.0 Å². The van der Waals surface area contributed by atoms with Crippen molar-refractivity contribution in [1.29, 1.82) is 0 Å². The molecular weight excluding hydrogens is 427 g/mol. The highest BCUT2D eigenvalue weighted by atomic mass is 127. The predicted molar refractivity (Wildman–Crippen MR) is 115 cm³/mol. The molecule has 2 saturated heterocycles. The average molecular weight is 458 g/mol. The second kappa shape index (κ2) is 10.2. The molecule has 3 rings (SSSR count). The van der Waals surface area contributed by atoms with E-state index in [4.69, 9.17) is 4.74 Å². The molecule has 1 aromatic carbocycles. The molecule has 6 heteroatoms. The molecule has 0 spiro atoms. The van der Waals surface area contributed by atoms with E-state index in [1.54, 1.807) is 0 Å². The van der Waals surface area contributed by atoms with Gasteiger partial charge >= 0.3 is 0 Å². The van der Waals surface area contributed by atoms with Crippen molar-refractivity contribution >= 4 is 35.6 Å². The minimum atomic E-state index is 0. The number of anilines is 1. The van der Waals surface area contributed by atoms with Crippen molar-refractivity contribution in [2.75, 3.05) is 32.1 Å². The molecule has 2 bridgehead atoms. The van der Waals surface area contributed by atoms with Crippen LogP contribution >= 0.6 is 24.0 Å². The number of rotatable bonds is 7. The molecule has 3 atom stereocenters. The fourth-order valence-electron chi connectivity index (χ4n) is 3.65. The topological polar surface area (TPSA) is 48.9 Å². The van der Waals surface area contributed by atoms with Crippen molar-refractivity contribution in [3.63, 3.8) is 0 Å². The van der Waals surface area contributed by atoms with Gasteiger partial charge < -0.3 is 20.3 Å². The molecule has 0 radical (unpaired) electrons. The number of para-hydroxylation sites is 1. The Morgan fingerprint density at radius 1 is 1.24 bits per heavy atom. The van der Waals surface area contributed by atoms with Crippen molar-refractivity contribution in [2.24, 2.45) is 4.99 Å². The lowest BCUT2D eigenvalue weighted by molar-refractivity contribution is 0.0992. The summed E-state index contributed by atoms with van der Waals surface area (Å²) in [5, 5.41) is 6.96. The summed E-state index contributed by atoms with van der Waals surface area (Å²) in [4.78, 5) is 6.65. The summed E-state index contributed by atoms with van der Waals surface area (Å²) < 4.78 is 5.89. The van der Waals surface area contributed by atoms with Gasteiger partial charge in [-0.1, -0.05) is 18.2 Å². The van der Waals surface area contributed by atoms with Gasteiger partial charge in [-0.25, -0.2) is 0 Å². The Morgan fingerprint density at radius 3 is 2.68 bits per heavy atom. The Morgan fingerprint density at radius 2 is 2.04 bits per heavy atom. The van der Waals surface area contributed by atoms with Gasteiger partial charge in [0.2, 0.25) is 0 Å². The number of halogens is 1. The van der Waals surface area contributed by atoms with Crippen LogP contribution in [0.3, 0.4) is 0 Å². The normalized spacial score (nSPS) is 24.7. The maximum Gasteiger partial charge on any atom is 0.191 e. The minimum Gasteiger partial charge on any atom is -0.375 e. The lowest BCUT2D eigenvalue weighted by atomic mass is 9.96. The van der Waals surface area contributed by atoms with E-state index in [9.17, 15) is 0 Å². The number of aliphatic imine (C=N–C) groups is 1. The number of hydrogen-bond acceptors (Lipinski definition) is 3. The summed E-state index contributed by atoms with van der Waals surface area (Å²) in [5.74, 6) is 0.910. The van der Waals surface area contributed by atoms with Gasteiger partial charge in [0.15, 0.2) is 5.96 Å². The van der Waals surface area contributed by atoms with Crippen LogP contribution in [0, 0.1) is 0 Å². The first kappa shape index (κ1) is 20.3. The van der Waals surface area contributed by atoms with Gasteiger partial charge in [-0.3, -0.25) is 4.99 Å². The number of guanidine groups is 1. The number of fused-ring (bicyclic) bond motifs is 2. The molecule has 5 nitrogen and oxygen atoms in total. The molecule has 2 fully saturated rings. The monoisotopic (exact) mass is 458 g/mol. The van der Waals surface area contributed by atoms with Gasteiger partial charge in [-0.2, -0.15) is 0 Å². The lowest BCUT2D eigenvalue weighted by Crippen LogP contribution is -2.47. The van der Waals surface area contributed by atoms with Crippen LogP contribution in [0.15, 0.2) is 35.3 Å². The zero-order chi connectivity index (χ0) is 16.8. The fourth-order valence-corrected chi connectivity index (χ4v) is 3.65. The van der Waals surface area contributed by atoms with Crippen LogP contribution in [0.4, 0.5) is 5.69 Å². The standard InChI is InChI=1S/C19H30N4O.HI/c1-20-19(22-17-14-16-10-11-18(17)24-16)21-12-6-7-13-23(2)15-8-4-3-5-9-15;/h3-5,8-9,16-18H,6-7,10-14H2,1-2H3,(H2,20,21,22);1H. The van der Waals surface area contributed by atoms with Gasteiger partial charge in [0.25, 0.3) is 0 Å². The first-order valence-corrected chi connectivity index (χ1v) is 9.15. The maximum absolute atomic E-state index is 5.89. The Balaban J connectivity index is 0.00000225. The first-order chi connectivity index (χ1) is 11.8. The molecule has 1 aromatic rings. The lowest BCUT2D eigenvalue weighted by Gasteiger charge is -2.23. The molecule has 2 aliphatic rings. The van der Waals surface area contributed by atoms with Crippen LogP contribution in [0.1, 0.15) is 32.1 Å². The van der Waals surface area contributed by atoms with Crippen LogP contribution in [0.5, 0.6) is 0 Å². The Hall–Kier alpha value is -1.02. The molecule has 0 amide bonds. The number of nitrogens with zero attached hydrogens (tertiary/aromatic N) is 2. The van der Waals surface area contributed by atoms with Gasteiger partial charge in [0.1, 0.15) is 0 Å². The second-order valence-corrected chi connectivity index (χ2v) is 6.82. The molecule has 0 aromatic heterocycles. The van der Waals surface area contributed by atoms with Crippen molar-refractivity contribution in [2.45, 2.75) is 50.4 Å². The highest BCUT2D eigenvalue weighted by Crippen LogP contribution is 2.34. The number of benzene rings is 1. The number of nitrogens with one attached hydrogen (secondary N) is 2. The average Bonchev–Trinajstić information content (AvgIpc) is 3.24. The van der Waals surface area contributed by atoms with E-state index >= 15 is 0 Å². The van der Waals surface area contributed by atoms with E-state index in [2.05, 4.69) is 57.9 Å². The van der Waals surface area contributed by atoms with E-state index < -0.39 is 0 Å². The summed E-state index contributed by atoms with van der Waals surface area (Å²) in [7, 11) is 3.99. The highest BCUT2D eigenvalue weighted by molar-refractivity contribution is 14.0. The Bertz CT molecular complexity index is 539. The molecule has 2 aliphatic heterocycles. The zero-order valence-electron chi connectivity index (χ0n) is 15.3. The van der Waals surface area contributed by atoms with Crippen LogP contribution < -0.4 is 15.5 Å². The van der Waals surface area contributed by atoms with E-state index in [1.165, 1.54) is 18.5 Å². The third kappa shape index (κ3) is 5.74. The summed E-state index contributed by atoms with van der Waals surface area (Å²) >= 11 is 0. The van der Waals surface area contributed by atoms with Crippen LogP contribution in [-0.2, 0) is 4.74 Å². The molecule has 25 heavy (non-hydrogen) atoms. The highest BCUT2D eigenvalue weighted by Gasteiger charge is 2.41. The molecule has 0 aliphatic carbocycles. The maximum atomic E-state index is 5.89. The van der Waals surface area contributed by atoms with Crippen LogP contribution in [-0.4, -0.2) is 51.4 Å². The van der Waals surface area contributed by atoms with Crippen molar-refractivity contribution in [1.82, 2.24) is 10.6 Å². The van der Waals surface area contributed by atoms with Crippen LogP contribution in [0.25, 0.3) is 0 Å². The van der Waals surface area contributed by atoms with Gasteiger partial charge in [-0.05, 0) is 44.2 Å². The third-order valence-electron chi connectivity index (χ3n) is 5.06. The first-order valence-electron chi connectivity index (χ1n) is 9.15. The molecule has 2 N–H and O–H groups in total. The van der Waals surface area contributed by atoms with Crippen molar-refractivity contribution in [3.8, 4) is 0 Å². The number of hydrogen-bond donors (Lipinski definition) is 2. The van der Waals surface area contributed by atoms with Gasteiger partial charge in [0.05, 0.1) is 18.2 Å². The van der Waals surface area contributed by atoms with E-state index in [1.807, 2.05) is 7.05 Å². The molecule has 2 heterocycles. The smallest absolute Gasteiger partial charge is 0.191 e. The largest absolute Gasteiger partial charge is 0.375 e. The third-order valence-corrected chi connectivity index (χ3v) is 5.06. The van der Waals surface area contributed by atoms with Crippen molar-refractivity contribution in [3.05, 3.63) is 30.3 Å². The van der Waals surface area contributed by atoms with E-state index in [0.29, 0.717) is 18.2 Å². The molecular formula is C19H31IN4O. The Labute approximate surface area is 168 Å². The fraction of sp³-hybridized carbons (Fsp3) is 0.632. The van der Waals surface area contributed by atoms with Gasteiger partial charge in [0, 0.05) is 32.9 Å². The number of unbranched alkanes of at least 4 members (excludes halogenated alkanes) is 1. The van der Waals surface area contributed by atoms with Crippen molar-refractivity contribution < 1.29 is 4.74 Å². The SMILES string of the molecule is CN=C(NCCCCN(C)c1ccccc1)NC1CC2CCC1O2.I. The summed E-state index contributed by atoms with van der Waals surface area (Å²) in [6, 6.07) is 11.0. The molecule has 0 saturated carbocycles. The Kier molecular flexibility index (Phi) is 8.29. The predicted octanol–water partition coefficient (Wildman–Crippen LogP) is 3.01. The van der Waals surface area contributed by atoms with Gasteiger partial charge in [-0.15, -0.1) is 24.0 Å². The summed E-state index contributed by atoms with van der Waals surface area (Å²) in [6.07, 6.45) is 6.67. The quantitative estimate of drug-likeness (QED) is 0.286. The van der Waals surface area contributed by atoms with Crippen LogP contribution in [0.2, 0.25) is 0 Å². The molecule has 3 unspecified atom stereocenters. The summed E-state index contributed by atoms with van der Waals surface area (Å²) in [6.45, 7) is 2.02. The number of ether oxygens (including phenoxy) is 1.